The molecule has 5 rings (SSSR count). The fraction of sp³-hybridized carbons (Fsp3) is 0.308. The summed E-state index contributed by atoms with van der Waals surface area (Å²) in [5.41, 5.74) is -1.15. The minimum absolute atomic E-state index is 0.0251. The zero-order valence-corrected chi connectivity index (χ0v) is 19.8. The normalized spacial score (nSPS) is 15.3. The molecule has 6 nitrogen and oxygen atoms in total. The Hall–Kier alpha value is -3.96. The highest BCUT2D eigenvalue weighted by Gasteiger charge is 2.37. The minimum Gasteiger partial charge on any atom is -0.341 e. The molecule has 3 aromatic heterocycles. The molecule has 1 aromatic carbocycles. The number of imidazole rings is 1. The van der Waals surface area contributed by atoms with Crippen LogP contribution in [0.5, 0.6) is 0 Å². The molecule has 0 atom stereocenters. The Labute approximate surface area is 212 Å². The number of aromatic nitrogens is 4. The SMILES string of the molecule is O=C(Cn1cnc2cccnc21)N1CCC(c2cccc(-c3cc(C(F)(F)F)cc(C(F)(F)F)c3)n2)CC1. The van der Waals surface area contributed by atoms with E-state index in [1.807, 2.05) is 0 Å². The van der Waals surface area contributed by atoms with Crippen LogP contribution in [0.1, 0.15) is 35.6 Å². The highest BCUT2D eigenvalue weighted by atomic mass is 19.4. The van der Waals surface area contributed by atoms with Crippen LogP contribution in [0, 0.1) is 0 Å². The van der Waals surface area contributed by atoms with E-state index in [-0.39, 0.29) is 35.7 Å². The van der Waals surface area contributed by atoms with Crippen molar-refractivity contribution in [3.05, 3.63) is 77.9 Å². The van der Waals surface area contributed by atoms with E-state index in [1.54, 1.807) is 46.3 Å². The van der Waals surface area contributed by atoms with Crippen LogP contribution >= 0.6 is 0 Å². The van der Waals surface area contributed by atoms with E-state index >= 15 is 0 Å². The lowest BCUT2D eigenvalue weighted by atomic mass is 9.92. The van der Waals surface area contributed by atoms with E-state index in [9.17, 15) is 31.1 Å². The summed E-state index contributed by atoms with van der Waals surface area (Å²) >= 11 is 0. The molecule has 4 aromatic rings. The number of nitrogens with zero attached hydrogens (tertiary/aromatic N) is 5. The zero-order valence-electron chi connectivity index (χ0n) is 19.8. The van der Waals surface area contributed by atoms with Crippen LogP contribution < -0.4 is 0 Å². The number of piperidine rings is 1. The summed E-state index contributed by atoms with van der Waals surface area (Å²) in [6, 6.07) is 9.68. The van der Waals surface area contributed by atoms with E-state index in [1.165, 1.54) is 6.07 Å². The van der Waals surface area contributed by atoms with Crippen LogP contribution in [-0.4, -0.2) is 43.4 Å². The average molecular weight is 533 g/mol. The summed E-state index contributed by atoms with van der Waals surface area (Å²) in [5.74, 6) is -0.193. The summed E-state index contributed by atoms with van der Waals surface area (Å²) in [4.78, 5) is 27.5. The molecule has 0 saturated carbocycles. The lowest BCUT2D eigenvalue weighted by molar-refractivity contribution is -0.143. The van der Waals surface area contributed by atoms with Crippen LogP contribution in [0.15, 0.2) is 61.1 Å². The Bertz CT molecular complexity index is 1440. The maximum Gasteiger partial charge on any atom is 0.416 e. The van der Waals surface area contributed by atoms with E-state index in [4.69, 9.17) is 0 Å². The summed E-state index contributed by atoms with van der Waals surface area (Å²) in [7, 11) is 0. The van der Waals surface area contributed by atoms with Crippen LogP contribution in [0.25, 0.3) is 22.4 Å². The third kappa shape index (κ3) is 5.34. The summed E-state index contributed by atoms with van der Waals surface area (Å²) in [6.07, 6.45) is -5.57. The summed E-state index contributed by atoms with van der Waals surface area (Å²) in [6.45, 7) is 0.970. The first-order valence-electron chi connectivity index (χ1n) is 11.8. The number of carbonyl (C=O) groups is 1. The van der Waals surface area contributed by atoms with Gasteiger partial charge in [0.05, 0.1) is 23.1 Å². The standard InChI is InChI=1S/C26H21F6N5O/c27-25(28,29)18-11-17(12-19(13-18)26(30,31)32)21-4-1-3-20(35-21)16-6-9-36(10-7-16)23(38)14-37-15-34-22-5-2-8-33-24(22)37/h1-5,8,11-13,15-16H,6-7,9-10,14H2. The number of fused-ring (bicyclic) bond motifs is 1. The van der Waals surface area contributed by atoms with Gasteiger partial charge in [0, 0.05) is 36.5 Å². The largest absolute Gasteiger partial charge is 0.416 e. The average Bonchev–Trinajstić information content (AvgIpc) is 3.30. The number of alkyl halides is 6. The fourth-order valence-corrected chi connectivity index (χ4v) is 4.63. The second-order valence-electron chi connectivity index (χ2n) is 9.12. The molecule has 4 heterocycles. The molecule has 1 fully saturated rings. The van der Waals surface area contributed by atoms with Crippen molar-refractivity contribution in [1.29, 1.82) is 0 Å². The van der Waals surface area contributed by atoms with Gasteiger partial charge in [-0.05, 0) is 55.3 Å². The number of halogens is 6. The maximum absolute atomic E-state index is 13.3. The van der Waals surface area contributed by atoms with Gasteiger partial charge in [-0.2, -0.15) is 26.3 Å². The maximum atomic E-state index is 13.3. The number of hydrogen-bond donors (Lipinski definition) is 0. The van der Waals surface area contributed by atoms with Gasteiger partial charge in [0.15, 0.2) is 5.65 Å². The van der Waals surface area contributed by atoms with Crippen molar-refractivity contribution in [3.8, 4) is 11.3 Å². The molecule has 38 heavy (non-hydrogen) atoms. The highest BCUT2D eigenvalue weighted by Crippen LogP contribution is 2.38. The monoisotopic (exact) mass is 533 g/mol. The number of pyridine rings is 2. The van der Waals surface area contributed by atoms with Gasteiger partial charge in [0.25, 0.3) is 0 Å². The number of hydrogen-bond acceptors (Lipinski definition) is 4. The molecule has 0 N–H and O–H groups in total. The minimum atomic E-state index is -4.94. The van der Waals surface area contributed by atoms with Crippen molar-refractivity contribution in [3.63, 3.8) is 0 Å². The number of carbonyl (C=O) groups excluding carboxylic acids is 1. The quantitative estimate of drug-likeness (QED) is 0.305. The van der Waals surface area contributed by atoms with Crippen LogP contribution in [0.2, 0.25) is 0 Å². The number of likely N-dealkylation sites (tertiary alicyclic amines) is 1. The topological polar surface area (TPSA) is 63.9 Å². The number of rotatable bonds is 4. The number of amides is 1. The smallest absolute Gasteiger partial charge is 0.341 e. The Balaban J connectivity index is 1.30. The molecule has 1 aliphatic rings. The first-order valence-corrected chi connectivity index (χ1v) is 11.8. The molecule has 0 radical (unpaired) electrons. The van der Waals surface area contributed by atoms with Crippen molar-refractivity contribution in [2.24, 2.45) is 0 Å². The molecular formula is C26H21F6N5O. The molecule has 1 amide bonds. The van der Waals surface area contributed by atoms with E-state index < -0.39 is 23.5 Å². The second-order valence-corrected chi connectivity index (χ2v) is 9.12. The zero-order chi connectivity index (χ0) is 27.1. The molecular weight excluding hydrogens is 512 g/mol. The van der Waals surface area contributed by atoms with Crippen molar-refractivity contribution >= 4 is 17.1 Å². The molecule has 0 aliphatic carbocycles. The molecule has 0 spiro atoms. The Kier molecular flexibility index (Phi) is 6.58. The Morgan fingerprint density at radius 2 is 1.58 bits per heavy atom. The van der Waals surface area contributed by atoms with Gasteiger partial charge >= 0.3 is 12.4 Å². The van der Waals surface area contributed by atoms with Gasteiger partial charge in [-0.25, -0.2) is 9.97 Å². The molecule has 1 saturated heterocycles. The first kappa shape index (κ1) is 25.7. The first-order chi connectivity index (χ1) is 18.0. The Morgan fingerprint density at radius 3 is 2.24 bits per heavy atom. The highest BCUT2D eigenvalue weighted by molar-refractivity contribution is 5.79. The van der Waals surface area contributed by atoms with Gasteiger partial charge < -0.3 is 9.47 Å². The molecule has 0 bridgehead atoms. The fourth-order valence-electron chi connectivity index (χ4n) is 4.63. The van der Waals surface area contributed by atoms with Crippen LogP contribution in [-0.2, 0) is 23.7 Å². The molecule has 0 unspecified atom stereocenters. The Morgan fingerprint density at radius 1 is 0.895 bits per heavy atom. The third-order valence-electron chi connectivity index (χ3n) is 6.60. The van der Waals surface area contributed by atoms with Crippen molar-refractivity contribution in [1.82, 2.24) is 24.4 Å². The van der Waals surface area contributed by atoms with Crippen molar-refractivity contribution < 1.29 is 31.1 Å². The van der Waals surface area contributed by atoms with E-state index in [0.717, 1.165) is 0 Å². The van der Waals surface area contributed by atoms with E-state index in [2.05, 4.69) is 15.0 Å². The number of benzene rings is 1. The lowest BCUT2D eigenvalue weighted by Crippen LogP contribution is -2.39. The third-order valence-corrected chi connectivity index (χ3v) is 6.60. The molecule has 1 aliphatic heterocycles. The van der Waals surface area contributed by atoms with Gasteiger partial charge in [0.1, 0.15) is 12.1 Å². The van der Waals surface area contributed by atoms with Gasteiger partial charge in [0.2, 0.25) is 5.91 Å². The van der Waals surface area contributed by atoms with Crippen LogP contribution in [0.3, 0.4) is 0 Å². The molecule has 12 heteroatoms. The predicted octanol–water partition coefficient (Wildman–Crippen LogP) is 5.94. The summed E-state index contributed by atoms with van der Waals surface area (Å²) in [5, 5.41) is 0. The lowest BCUT2D eigenvalue weighted by Gasteiger charge is -2.32. The van der Waals surface area contributed by atoms with Gasteiger partial charge in [-0.1, -0.05) is 6.07 Å². The van der Waals surface area contributed by atoms with E-state index in [0.29, 0.717) is 54.9 Å². The molecule has 198 valence electrons. The van der Waals surface area contributed by atoms with Gasteiger partial charge in [-0.3, -0.25) is 9.78 Å². The van der Waals surface area contributed by atoms with Gasteiger partial charge in [-0.15, -0.1) is 0 Å². The summed E-state index contributed by atoms with van der Waals surface area (Å²) < 4.78 is 81.4. The van der Waals surface area contributed by atoms with Crippen molar-refractivity contribution in [2.45, 2.75) is 37.7 Å². The second kappa shape index (κ2) is 9.73. The van der Waals surface area contributed by atoms with Crippen LogP contribution in [0.4, 0.5) is 26.3 Å². The predicted molar refractivity (Wildman–Crippen MR) is 126 cm³/mol. The van der Waals surface area contributed by atoms with Crippen molar-refractivity contribution in [2.75, 3.05) is 13.1 Å².